The zero-order valence-corrected chi connectivity index (χ0v) is 28.5. The maximum atomic E-state index is 13.7. The highest BCUT2D eigenvalue weighted by molar-refractivity contribution is 7.90. The highest BCUT2D eigenvalue weighted by Crippen LogP contribution is 2.42. The first-order chi connectivity index (χ1) is 22.9. The van der Waals surface area contributed by atoms with Gasteiger partial charge in [-0.2, -0.15) is 13.2 Å². The highest BCUT2D eigenvalue weighted by atomic mass is 32.2. The molecule has 3 heterocycles. The van der Waals surface area contributed by atoms with E-state index in [0.717, 1.165) is 69.3 Å². The fourth-order valence-electron chi connectivity index (χ4n) is 7.66. The Kier molecular flexibility index (Phi) is 10.2. The number of nitrogens with zero attached hydrogens (tertiary/aromatic N) is 2. The van der Waals surface area contributed by atoms with Crippen LogP contribution in [0.2, 0.25) is 0 Å². The van der Waals surface area contributed by atoms with Gasteiger partial charge in [0.05, 0.1) is 35.4 Å². The van der Waals surface area contributed by atoms with Crippen molar-refractivity contribution in [2.45, 2.75) is 81.1 Å². The van der Waals surface area contributed by atoms with Crippen molar-refractivity contribution >= 4 is 32.1 Å². The van der Waals surface area contributed by atoms with Crippen LogP contribution in [0.3, 0.4) is 0 Å². The zero-order chi connectivity index (χ0) is 33.9. The van der Waals surface area contributed by atoms with E-state index in [2.05, 4.69) is 27.4 Å². The molecule has 260 valence electrons. The topological polar surface area (TPSA) is 84.8 Å². The molecule has 0 atom stereocenters. The van der Waals surface area contributed by atoms with E-state index in [4.69, 9.17) is 9.47 Å². The molecule has 0 amide bonds. The summed E-state index contributed by atoms with van der Waals surface area (Å²) in [5.74, 6) is 6.20. The number of benzene rings is 2. The number of ether oxygens (including phenoxy) is 2. The molecule has 3 aliphatic rings. The second kappa shape index (κ2) is 14.2. The van der Waals surface area contributed by atoms with E-state index in [0.29, 0.717) is 28.4 Å². The predicted molar refractivity (Wildman–Crippen MR) is 182 cm³/mol. The van der Waals surface area contributed by atoms with E-state index in [1.54, 1.807) is 24.3 Å². The molecule has 1 aliphatic carbocycles. The smallest absolute Gasteiger partial charge is 0.406 e. The van der Waals surface area contributed by atoms with Gasteiger partial charge in [0.15, 0.2) is 9.84 Å². The number of hydrogen-bond acceptors (Lipinski definition) is 7. The second-order valence-electron chi connectivity index (χ2n) is 13.6. The van der Waals surface area contributed by atoms with E-state index in [9.17, 15) is 21.6 Å². The van der Waals surface area contributed by atoms with Gasteiger partial charge in [-0.3, -0.25) is 0 Å². The molecule has 2 aromatic carbocycles. The molecule has 2 N–H and O–H groups in total. The molecule has 3 fully saturated rings. The number of rotatable bonds is 8. The zero-order valence-electron chi connectivity index (χ0n) is 27.7. The minimum Gasteiger partial charge on any atom is -0.495 e. The Morgan fingerprint density at radius 1 is 1.00 bits per heavy atom. The van der Waals surface area contributed by atoms with Crippen molar-refractivity contribution < 1.29 is 31.1 Å². The number of hydrogen-bond donors (Lipinski definition) is 2. The summed E-state index contributed by atoms with van der Waals surface area (Å²) in [7, 11) is -1.98. The number of nitrogens with one attached hydrogen (secondary N) is 2. The molecule has 12 heteroatoms. The Balaban J connectivity index is 1.12. The average Bonchev–Trinajstić information content (AvgIpc) is 3.40. The van der Waals surface area contributed by atoms with Crippen LogP contribution in [-0.4, -0.2) is 82.4 Å². The lowest BCUT2D eigenvalue weighted by atomic mass is 9.72. The molecule has 1 saturated carbocycles. The molecule has 0 radical (unpaired) electrons. The van der Waals surface area contributed by atoms with Gasteiger partial charge in [-0.25, -0.2) is 8.42 Å². The first-order valence-electron chi connectivity index (χ1n) is 16.8. The van der Waals surface area contributed by atoms with Crippen molar-refractivity contribution in [3.05, 3.63) is 48.2 Å². The third-order valence-corrected chi connectivity index (χ3v) is 11.6. The van der Waals surface area contributed by atoms with Crippen LogP contribution in [-0.2, 0) is 21.1 Å². The molecule has 6 rings (SSSR count). The van der Waals surface area contributed by atoms with E-state index < -0.39 is 22.6 Å². The van der Waals surface area contributed by atoms with Gasteiger partial charge in [-0.05, 0) is 106 Å². The summed E-state index contributed by atoms with van der Waals surface area (Å²) in [6, 6.07) is 12.5. The Morgan fingerprint density at radius 2 is 1.73 bits per heavy atom. The highest BCUT2D eigenvalue weighted by Gasteiger charge is 2.38. The summed E-state index contributed by atoms with van der Waals surface area (Å²) in [5.41, 5.74) is 2.59. The predicted octanol–water partition coefficient (Wildman–Crippen LogP) is 6.70. The van der Waals surface area contributed by atoms with Crippen LogP contribution in [0.4, 0.5) is 24.5 Å². The van der Waals surface area contributed by atoms with Gasteiger partial charge in [0, 0.05) is 48.7 Å². The molecule has 2 aliphatic heterocycles. The molecular weight excluding hydrogens is 641 g/mol. The maximum Gasteiger partial charge on any atom is 0.406 e. The van der Waals surface area contributed by atoms with Crippen LogP contribution in [0, 0.1) is 17.3 Å². The molecule has 1 aromatic heterocycles. The summed E-state index contributed by atoms with van der Waals surface area (Å²) in [5, 5.41) is 7.47. The number of likely N-dealkylation sites (tertiary alicyclic amines) is 1. The first kappa shape index (κ1) is 34.5. The first-order valence-corrected chi connectivity index (χ1v) is 18.7. The Morgan fingerprint density at radius 3 is 2.40 bits per heavy atom. The van der Waals surface area contributed by atoms with Crippen molar-refractivity contribution in [2.75, 3.05) is 56.8 Å². The van der Waals surface area contributed by atoms with Crippen molar-refractivity contribution in [1.29, 1.82) is 0 Å². The fourth-order valence-corrected chi connectivity index (χ4v) is 8.30. The van der Waals surface area contributed by atoms with Gasteiger partial charge in [-0.1, -0.05) is 12.0 Å². The van der Waals surface area contributed by atoms with Crippen molar-refractivity contribution in [3.63, 3.8) is 0 Å². The molecule has 1 spiro atoms. The number of alkyl halides is 3. The SMILES string of the molecule is COc1cc(S(C)(=O)=O)ccc1NCC#Cc1cc2c(N[C@H]3CC[C@H](N4CCC5(CCOCC5)CC4)CC3)cccc2n1CC(F)(F)F. The number of halogens is 3. The standard InChI is InChI=1S/C36H45F3N4O4S/c1-46-34-24-29(48(2,44)45)12-13-32(34)40-18-4-5-28-23-30-31(6-3-7-33(30)43(28)25-36(37,38)39)41-26-8-10-27(11-9-26)42-19-14-35(15-20-42)16-21-47-22-17-35/h3,6-7,12-13,23-24,26-27,40-41H,8-11,14-22,25H2,1-2H3/t26-,27-. The number of anilines is 2. The normalized spacial score (nSPS) is 21.9. The third-order valence-electron chi connectivity index (χ3n) is 10.5. The van der Waals surface area contributed by atoms with Gasteiger partial charge in [0.1, 0.15) is 12.3 Å². The van der Waals surface area contributed by atoms with Gasteiger partial charge in [0.25, 0.3) is 0 Å². The summed E-state index contributed by atoms with van der Waals surface area (Å²) >= 11 is 0. The Bertz CT molecular complexity index is 1750. The fraction of sp³-hybridized carbons (Fsp3) is 0.556. The van der Waals surface area contributed by atoms with Crippen LogP contribution in [0.1, 0.15) is 57.1 Å². The van der Waals surface area contributed by atoms with E-state index >= 15 is 0 Å². The van der Waals surface area contributed by atoms with Crippen LogP contribution in [0.15, 0.2) is 47.4 Å². The van der Waals surface area contributed by atoms with Gasteiger partial charge in [-0.15, -0.1) is 0 Å². The van der Waals surface area contributed by atoms with Gasteiger partial charge < -0.3 is 29.6 Å². The lowest BCUT2D eigenvalue weighted by molar-refractivity contribution is -0.140. The lowest BCUT2D eigenvalue weighted by Crippen LogP contribution is -2.48. The van der Waals surface area contributed by atoms with Crippen LogP contribution < -0.4 is 15.4 Å². The van der Waals surface area contributed by atoms with Crippen molar-refractivity contribution in [1.82, 2.24) is 9.47 Å². The molecule has 8 nitrogen and oxygen atoms in total. The maximum absolute atomic E-state index is 13.7. The number of sulfone groups is 1. The van der Waals surface area contributed by atoms with Crippen LogP contribution in [0.5, 0.6) is 5.75 Å². The lowest BCUT2D eigenvalue weighted by Gasteiger charge is -2.47. The number of aromatic nitrogens is 1. The van der Waals surface area contributed by atoms with E-state index in [-0.39, 0.29) is 23.2 Å². The monoisotopic (exact) mass is 686 g/mol. The number of fused-ring (bicyclic) bond motifs is 1. The van der Waals surface area contributed by atoms with Crippen molar-refractivity contribution in [3.8, 4) is 17.6 Å². The second-order valence-corrected chi connectivity index (χ2v) is 15.6. The van der Waals surface area contributed by atoms with Crippen LogP contribution in [0.25, 0.3) is 10.9 Å². The summed E-state index contributed by atoms with van der Waals surface area (Å²) in [4.78, 5) is 2.81. The molecule has 3 aromatic rings. The van der Waals surface area contributed by atoms with Crippen LogP contribution >= 0.6 is 0 Å². The minimum absolute atomic E-state index is 0.114. The van der Waals surface area contributed by atoms with Gasteiger partial charge in [0.2, 0.25) is 0 Å². The number of methoxy groups -OCH3 is 1. The largest absolute Gasteiger partial charge is 0.495 e. The third kappa shape index (κ3) is 8.07. The van der Waals surface area contributed by atoms with E-state index in [1.807, 2.05) is 6.07 Å². The molecule has 0 bridgehead atoms. The molecular formula is C36H45F3N4O4S. The summed E-state index contributed by atoms with van der Waals surface area (Å²) in [6.45, 7) is 3.09. The van der Waals surface area contributed by atoms with Crippen molar-refractivity contribution in [2.24, 2.45) is 5.41 Å². The van der Waals surface area contributed by atoms with E-state index in [1.165, 1.54) is 49.5 Å². The van der Waals surface area contributed by atoms with Gasteiger partial charge >= 0.3 is 6.18 Å². The minimum atomic E-state index is -4.42. The summed E-state index contributed by atoms with van der Waals surface area (Å²) < 4.78 is 77.2. The molecule has 2 saturated heterocycles. The number of piperidine rings is 1. The molecule has 0 unspecified atom stereocenters. The molecule has 48 heavy (non-hydrogen) atoms. The summed E-state index contributed by atoms with van der Waals surface area (Å²) in [6.07, 6.45) is 5.87. The Hall–Kier alpha value is -3.40. The average molecular weight is 687 g/mol. The quantitative estimate of drug-likeness (QED) is 0.256. The Labute approximate surface area is 281 Å².